The Balaban J connectivity index is 2.18. The van der Waals surface area contributed by atoms with Crippen molar-refractivity contribution in [3.63, 3.8) is 0 Å². The van der Waals surface area contributed by atoms with Crippen molar-refractivity contribution < 1.29 is 9.47 Å². The van der Waals surface area contributed by atoms with Gasteiger partial charge in [-0.25, -0.2) is 5.84 Å². The second-order valence-electron chi connectivity index (χ2n) is 3.65. The number of nitrogens with zero attached hydrogens (tertiary/aromatic N) is 4. The number of methoxy groups -OCH3 is 1. The molecule has 0 radical (unpaired) electrons. The number of nitrogens with two attached hydrogens (primary N) is 1. The Bertz CT molecular complexity index is 601. The molecule has 20 heavy (non-hydrogen) atoms. The van der Waals surface area contributed by atoms with E-state index in [-0.39, 0.29) is 18.0 Å². The Labute approximate surface area is 115 Å². The molecule has 0 aliphatic heterocycles. The number of hydrazine groups is 1. The minimum Gasteiger partial charge on any atom is -0.467 e. The van der Waals surface area contributed by atoms with Gasteiger partial charge < -0.3 is 9.47 Å². The molecule has 0 aliphatic carbocycles. The number of hydrogen-bond donors (Lipinski definition) is 2. The lowest BCUT2D eigenvalue weighted by atomic mass is 10.2. The number of aromatic nitrogens is 3. The van der Waals surface area contributed by atoms with E-state index in [9.17, 15) is 0 Å². The van der Waals surface area contributed by atoms with Gasteiger partial charge in [-0.1, -0.05) is 12.1 Å². The standard InChI is InChI=1S/C12H12N6O2/c1-19-11-15-10(18-14)16-12(17-11)20-9-4-2-8(3-5-9)6-7-13/h2-5H,6,14H2,1H3,(H,15,16,17,18). The fraction of sp³-hybridized carbons (Fsp3) is 0.167. The Hall–Kier alpha value is -2.92. The van der Waals surface area contributed by atoms with Crippen molar-refractivity contribution in [3.05, 3.63) is 29.8 Å². The number of anilines is 1. The average molecular weight is 272 g/mol. The maximum atomic E-state index is 8.60. The molecule has 1 aromatic heterocycles. The van der Waals surface area contributed by atoms with E-state index in [0.717, 1.165) is 5.56 Å². The normalized spacial score (nSPS) is 9.65. The van der Waals surface area contributed by atoms with Crippen LogP contribution in [0.25, 0.3) is 0 Å². The quantitative estimate of drug-likeness (QED) is 0.611. The number of benzene rings is 1. The van der Waals surface area contributed by atoms with Gasteiger partial charge in [-0.05, 0) is 17.7 Å². The topological polar surface area (TPSA) is 119 Å². The van der Waals surface area contributed by atoms with Gasteiger partial charge in [0.15, 0.2) is 0 Å². The molecule has 0 atom stereocenters. The van der Waals surface area contributed by atoms with E-state index in [4.69, 9.17) is 20.6 Å². The van der Waals surface area contributed by atoms with Crippen LogP contribution in [0.15, 0.2) is 24.3 Å². The van der Waals surface area contributed by atoms with Crippen molar-refractivity contribution in [2.75, 3.05) is 12.5 Å². The average Bonchev–Trinajstić information content (AvgIpc) is 2.49. The highest BCUT2D eigenvalue weighted by atomic mass is 16.5. The van der Waals surface area contributed by atoms with Crippen LogP contribution < -0.4 is 20.7 Å². The lowest BCUT2D eigenvalue weighted by Gasteiger charge is -2.07. The molecule has 2 aromatic rings. The second kappa shape index (κ2) is 6.31. The summed E-state index contributed by atoms with van der Waals surface area (Å²) in [5.74, 6) is 5.91. The monoisotopic (exact) mass is 272 g/mol. The lowest BCUT2D eigenvalue weighted by Crippen LogP contribution is -2.12. The predicted molar refractivity (Wildman–Crippen MR) is 70.0 cm³/mol. The van der Waals surface area contributed by atoms with Gasteiger partial charge in [0.05, 0.1) is 19.6 Å². The first-order chi connectivity index (χ1) is 9.75. The third kappa shape index (κ3) is 3.30. The Morgan fingerprint density at radius 2 is 1.90 bits per heavy atom. The number of nitrogens with one attached hydrogen (secondary N) is 1. The summed E-state index contributed by atoms with van der Waals surface area (Å²) in [5, 5.41) is 8.60. The zero-order valence-corrected chi connectivity index (χ0v) is 10.7. The van der Waals surface area contributed by atoms with E-state index in [1.807, 2.05) is 0 Å². The predicted octanol–water partition coefficient (Wildman–Crippen LogP) is 1.02. The van der Waals surface area contributed by atoms with Crippen molar-refractivity contribution in [3.8, 4) is 23.8 Å². The Kier molecular flexibility index (Phi) is 4.26. The molecule has 0 spiro atoms. The fourth-order valence-corrected chi connectivity index (χ4v) is 1.41. The van der Waals surface area contributed by atoms with Gasteiger partial charge in [0, 0.05) is 0 Å². The van der Waals surface area contributed by atoms with E-state index in [1.165, 1.54) is 7.11 Å². The summed E-state index contributed by atoms with van der Waals surface area (Å²) in [6.45, 7) is 0. The van der Waals surface area contributed by atoms with Crippen LogP contribution in [-0.2, 0) is 6.42 Å². The van der Waals surface area contributed by atoms with Crippen LogP contribution in [0.5, 0.6) is 17.8 Å². The Morgan fingerprint density at radius 1 is 1.20 bits per heavy atom. The highest BCUT2D eigenvalue weighted by Gasteiger charge is 2.08. The highest BCUT2D eigenvalue weighted by Crippen LogP contribution is 2.20. The molecule has 0 aliphatic rings. The van der Waals surface area contributed by atoms with E-state index < -0.39 is 0 Å². The SMILES string of the molecule is COc1nc(NN)nc(Oc2ccc(CC#N)cc2)n1. The van der Waals surface area contributed by atoms with Crippen LogP contribution in [0, 0.1) is 11.3 Å². The number of hydrogen-bond acceptors (Lipinski definition) is 8. The first kappa shape index (κ1) is 13.5. The van der Waals surface area contributed by atoms with Gasteiger partial charge in [-0.2, -0.15) is 15.2 Å². The molecule has 102 valence electrons. The summed E-state index contributed by atoms with van der Waals surface area (Å²) in [6.07, 6.45) is 0.348. The summed E-state index contributed by atoms with van der Waals surface area (Å²) in [6, 6.07) is 9.23. The summed E-state index contributed by atoms with van der Waals surface area (Å²) in [4.78, 5) is 11.7. The van der Waals surface area contributed by atoms with Crippen LogP contribution in [0.2, 0.25) is 0 Å². The molecule has 8 heteroatoms. The summed E-state index contributed by atoms with van der Waals surface area (Å²) in [5.41, 5.74) is 3.20. The molecule has 0 bridgehead atoms. The molecule has 0 amide bonds. The molecular weight excluding hydrogens is 260 g/mol. The minimum atomic E-state index is 0.0535. The van der Waals surface area contributed by atoms with Crippen molar-refractivity contribution in [2.24, 2.45) is 5.84 Å². The van der Waals surface area contributed by atoms with Gasteiger partial charge in [0.1, 0.15) is 5.75 Å². The third-order valence-electron chi connectivity index (χ3n) is 2.32. The molecule has 0 saturated carbocycles. The molecule has 0 fully saturated rings. The zero-order chi connectivity index (χ0) is 14.4. The zero-order valence-electron chi connectivity index (χ0n) is 10.7. The van der Waals surface area contributed by atoms with E-state index in [1.54, 1.807) is 24.3 Å². The van der Waals surface area contributed by atoms with Crippen molar-refractivity contribution in [2.45, 2.75) is 6.42 Å². The lowest BCUT2D eigenvalue weighted by molar-refractivity contribution is 0.360. The first-order valence-electron chi connectivity index (χ1n) is 5.65. The molecule has 1 heterocycles. The summed E-state index contributed by atoms with van der Waals surface area (Å²) >= 11 is 0. The van der Waals surface area contributed by atoms with Gasteiger partial charge in [-0.3, -0.25) is 5.43 Å². The molecule has 0 unspecified atom stereocenters. The summed E-state index contributed by atoms with van der Waals surface area (Å²) < 4.78 is 10.4. The number of nitrogen functional groups attached to an aromatic ring is 1. The molecule has 1 aromatic carbocycles. The fourth-order valence-electron chi connectivity index (χ4n) is 1.41. The second-order valence-corrected chi connectivity index (χ2v) is 3.65. The molecule has 0 saturated heterocycles. The highest BCUT2D eigenvalue weighted by molar-refractivity contribution is 5.32. The molecule has 2 rings (SSSR count). The smallest absolute Gasteiger partial charge is 0.330 e. The van der Waals surface area contributed by atoms with Gasteiger partial charge in [0.25, 0.3) is 0 Å². The van der Waals surface area contributed by atoms with E-state index in [0.29, 0.717) is 12.2 Å². The molecular formula is C12H12N6O2. The van der Waals surface area contributed by atoms with Gasteiger partial charge in [-0.15, -0.1) is 4.98 Å². The van der Waals surface area contributed by atoms with Crippen LogP contribution >= 0.6 is 0 Å². The minimum absolute atomic E-state index is 0.0535. The van der Waals surface area contributed by atoms with Crippen molar-refractivity contribution >= 4 is 5.95 Å². The van der Waals surface area contributed by atoms with E-state index >= 15 is 0 Å². The van der Waals surface area contributed by atoms with Crippen molar-refractivity contribution in [1.82, 2.24) is 15.0 Å². The number of rotatable bonds is 5. The number of nitriles is 1. The number of ether oxygens (including phenoxy) is 2. The van der Waals surface area contributed by atoms with Crippen molar-refractivity contribution in [1.29, 1.82) is 5.26 Å². The van der Waals surface area contributed by atoms with Gasteiger partial charge >= 0.3 is 12.0 Å². The molecule has 8 nitrogen and oxygen atoms in total. The maximum Gasteiger partial charge on any atom is 0.330 e. The Morgan fingerprint density at radius 3 is 2.50 bits per heavy atom. The largest absolute Gasteiger partial charge is 0.467 e. The third-order valence-corrected chi connectivity index (χ3v) is 2.32. The van der Waals surface area contributed by atoms with Crippen LogP contribution in [0.4, 0.5) is 5.95 Å². The first-order valence-corrected chi connectivity index (χ1v) is 5.65. The van der Waals surface area contributed by atoms with E-state index in [2.05, 4.69) is 26.4 Å². The molecule has 3 N–H and O–H groups in total. The van der Waals surface area contributed by atoms with Crippen LogP contribution in [-0.4, -0.2) is 22.1 Å². The van der Waals surface area contributed by atoms with Gasteiger partial charge in [0.2, 0.25) is 5.95 Å². The van der Waals surface area contributed by atoms with Crippen LogP contribution in [0.3, 0.4) is 0 Å². The van der Waals surface area contributed by atoms with Crippen LogP contribution in [0.1, 0.15) is 5.56 Å². The maximum absolute atomic E-state index is 8.60. The summed E-state index contributed by atoms with van der Waals surface area (Å²) in [7, 11) is 1.43.